The Kier molecular flexibility index (Phi) is 7.35. The molecular formula is C25H23ClF3N5O3. The lowest BCUT2D eigenvalue weighted by atomic mass is 9.99. The van der Waals surface area contributed by atoms with Crippen LogP contribution in [0.1, 0.15) is 46.2 Å². The highest BCUT2D eigenvalue weighted by atomic mass is 35.5. The van der Waals surface area contributed by atoms with Crippen molar-refractivity contribution in [3.63, 3.8) is 0 Å². The van der Waals surface area contributed by atoms with Crippen molar-refractivity contribution >= 4 is 23.4 Å². The monoisotopic (exact) mass is 533 g/mol. The Morgan fingerprint density at radius 3 is 2.54 bits per heavy atom. The molecule has 8 nitrogen and oxygen atoms in total. The highest BCUT2D eigenvalue weighted by molar-refractivity contribution is 6.31. The molecular weight excluding hydrogens is 511 g/mol. The molecule has 3 heterocycles. The predicted octanol–water partition coefficient (Wildman–Crippen LogP) is 4.81. The first-order chi connectivity index (χ1) is 17.5. The van der Waals surface area contributed by atoms with Gasteiger partial charge in [-0.3, -0.25) is 24.5 Å². The molecule has 0 saturated carbocycles. The summed E-state index contributed by atoms with van der Waals surface area (Å²) in [6.45, 7) is 4.70. The van der Waals surface area contributed by atoms with E-state index in [2.05, 4.69) is 19.7 Å². The van der Waals surface area contributed by atoms with Crippen LogP contribution in [-0.4, -0.2) is 69.1 Å². The second-order valence-corrected chi connectivity index (χ2v) is 9.02. The Balaban J connectivity index is 1.52. The Morgan fingerprint density at radius 2 is 1.89 bits per heavy atom. The van der Waals surface area contributed by atoms with Crippen molar-refractivity contribution in [1.29, 1.82) is 0 Å². The summed E-state index contributed by atoms with van der Waals surface area (Å²) in [6.07, 6.45) is -0.355. The molecule has 0 aliphatic carbocycles. The van der Waals surface area contributed by atoms with Gasteiger partial charge in [-0.2, -0.15) is 0 Å². The average molecular weight is 534 g/mol. The molecule has 2 unspecified atom stereocenters. The Bertz CT molecular complexity index is 1320. The number of amides is 2. The zero-order valence-corrected chi connectivity index (χ0v) is 20.9. The first kappa shape index (κ1) is 26.3. The maximum atomic E-state index is 13.0. The standard InChI is InChI=1S/C25H23ClF3N5O3/c1-4-33(3)23(35)15-5-6-19(32-12-15)22-21(30-7-8-31-22)14(2)20-13-34(20)24(36)16-9-17(26)11-18(10-16)37-25(27,28)29/h5-12,14,20H,4,13H2,1-3H3. The lowest BCUT2D eigenvalue weighted by Crippen LogP contribution is -2.26. The summed E-state index contributed by atoms with van der Waals surface area (Å²) in [4.78, 5) is 41.8. The normalized spacial score (nSPS) is 15.8. The summed E-state index contributed by atoms with van der Waals surface area (Å²) in [5, 5.41) is -0.0501. The molecule has 4 rings (SSSR count). The zero-order valence-electron chi connectivity index (χ0n) is 20.2. The first-order valence-corrected chi connectivity index (χ1v) is 11.8. The lowest BCUT2D eigenvalue weighted by molar-refractivity contribution is -0.274. The summed E-state index contributed by atoms with van der Waals surface area (Å²) >= 11 is 5.92. The van der Waals surface area contributed by atoms with Crippen molar-refractivity contribution in [2.45, 2.75) is 32.2 Å². The quantitative estimate of drug-likeness (QED) is 0.405. The number of carbonyl (C=O) groups excluding carboxylic acids is 2. The van der Waals surface area contributed by atoms with E-state index >= 15 is 0 Å². The lowest BCUT2D eigenvalue weighted by Gasteiger charge is -2.16. The number of alkyl halides is 3. The summed E-state index contributed by atoms with van der Waals surface area (Å²) in [5.74, 6) is -1.44. The third-order valence-corrected chi connectivity index (χ3v) is 6.29. The van der Waals surface area contributed by atoms with E-state index in [1.807, 2.05) is 13.8 Å². The zero-order chi connectivity index (χ0) is 26.9. The van der Waals surface area contributed by atoms with Crippen LogP contribution in [0.5, 0.6) is 5.75 Å². The Labute approximate surface area is 216 Å². The summed E-state index contributed by atoms with van der Waals surface area (Å²) in [7, 11) is 1.70. The van der Waals surface area contributed by atoms with Gasteiger partial charge < -0.3 is 14.5 Å². The van der Waals surface area contributed by atoms with E-state index in [9.17, 15) is 22.8 Å². The molecule has 3 aromatic rings. The highest BCUT2D eigenvalue weighted by Crippen LogP contribution is 2.37. The number of benzene rings is 1. The molecule has 2 aromatic heterocycles. The molecule has 0 N–H and O–H groups in total. The number of carbonyl (C=O) groups is 2. The van der Waals surface area contributed by atoms with Gasteiger partial charge in [0.2, 0.25) is 0 Å². The molecule has 0 bridgehead atoms. The molecule has 1 aromatic carbocycles. The molecule has 1 fully saturated rings. The number of pyridine rings is 1. The SMILES string of the molecule is CCN(C)C(=O)c1ccc(-c2nccnc2C(C)C2CN2C(=O)c2cc(Cl)cc(OC(F)(F)F)c2)nc1. The van der Waals surface area contributed by atoms with Gasteiger partial charge in [-0.25, -0.2) is 0 Å². The van der Waals surface area contributed by atoms with Crippen LogP contribution in [0, 0.1) is 0 Å². The summed E-state index contributed by atoms with van der Waals surface area (Å²) in [5.41, 5.74) is 2.07. The minimum absolute atomic E-state index is 0.0141. The molecule has 194 valence electrons. The largest absolute Gasteiger partial charge is 0.573 e. The first-order valence-electron chi connectivity index (χ1n) is 11.4. The van der Waals surface area contributed by atoms with E-state index in [1.165, 1.54) is 29.6 Å². The van der Waals surface area contributed by atoms with Crippen molar-refractivity contribution in [2.24, 2.45) is 0 Å². The fourth-order valence-electron chi connectivity index (χ4n) is 3.95. The average Bonchev–Trinajstić information content (AvgIpc) is 3.66. The number of aromatic nitrogens is 3. The van der Waals surface area contributed by atoms with Gasteiger partial charge in [0.25, 0.3) is 11.8 Å². The number of ether oxygens (including phenoxy) is 1. The number of hydrogen-bond acceptors (Lipinski definition) is 6. The van der Waals surface area contributed by atoms with Gasteiger partial charge in [0.1, 0.15) is 11.4 Å². The number of nitrogens with zero attached hydrogens (tertiary/aromatic N) is 5. The number of rotatable bonds is 7. The smallest absolute Gasteiger partial charge is 0.406 e. The van der Waals surface area contributed by atoms with Gasteiger partial charge in [0.15, 0.2) is 0 Å². The molecule has 1 aliphatic heterocycles. The van der Waals surface area contributed by atoms with E-state index < -0.39 is 18.0 Å². The molecule has 1 aliphatic rings. The van der Waals surface area contributed by atoms with Gasteiger partial charge in [-0.15, -0.1) is 13.2 Å². The van der Waals surface area contributed by atoms with Crippen LogP contribution < -0.4 is 4.74 Å². The summed E-state index contributed by atoms with van der Waals surface area (Å²) in [6, 6.07) is 6.41. The van der Waals surface area contributed by atoms with Crippen LogP contribution in [0.15, 0.2) is 48.9 Å². The van der Waals surface area contributed by atoms with E-state index in [-0.39, 0.29) is 28.5 Å². The van der Waals surface area contributed by atoms with Crippen molar-refractivity contribution in [1.82, 2.24) is 24.8 Å². The van der Waals surface area contributed by atoms with E-state index in [1.54, 1.807) is 24.1 Å². The maximum absolute atomic E-state index is 13.0. The van der Waals surface area contributed by atoms with Crippen LogP contribution in [0.3, 0.4) is 0 Å². The van der Waals surface area contributed by atoms with E-state index in [4.69, 9.17) is 11.6 Å². The van der Waals surface area contributed by atoms with E-state index in [0.29, 0.717) is 35.7 Å². The van der Waals surface area contributed by atoms with Crippen molar-refractivity contribution in [3.8, 4) is 17.1 Å². The van der Waals surface area contributed by atoms with Crippen LogP contribution in [0.25, 0.3) is 11.4 Å². The topological polar surface area (TPSA) is 88.3 Å². The second kappa shape index (κ2) is 10.3. The predicted molar refractivity (Wildman–Crippen MR) is 129 cm³/mol. The van der Waals surface area contributed by atoms with Gasteiger partial charge in [0.05, 0.1) is 23.0 Å². The molecule has 12 heteroatoms. The summed E-state index contributed by atoms with van der Waals surface area (Å²) < 4.78 is 41.8. The third-order valence-electron chi connectivity index (χ3n) is 6.07. The van der Waals surface area contributed by atoms with Gasteiger partial charge >= 0.3 is 6.36 Å². The van der Waals surface area contributed by atoms with Gasteiger partial charge in [-0.1, -0.05) is 18.5 Å². The van der Waals surface area contributed by atoms with Crippen LogP contribution >= 0.6 is 11.6 Å². The highest BCUT2D eigenvalue weighted by Gasteiger charge is 2.44. The van der Waals surface area contributed by atoms with Crippen molar-refractivity contribution in [3.05, 3.63) is 70.8 Å². The van der Waals surface area contributed by atoms with Gasteiger partial charge in [0, 0.05) is 55.2 Å². The van der Waals surface area contributed by atoms with Crippen LogP contribution in [-0.2, 0) is 0 Å². The van der Waals surface area contributed by atoms with Crippen molar-refractivity contribution < 1.29 is 27.5 Å². The third kappa shape index (κ3) is 5.99. The van der Waals surface area contributed by atoms with Crippen LogP contribution in [0.2, 0.25) is 5.02 Å². The molecule has 1 saturated heterocycles. The molecule has 0 radical (unpaired) electrons. The second-order valence-electron chi connectivity index (χ2n) is 8.58. The van der Waals surface area contributed by atoms with Crippen molar-refractivity contribution in [2.75, 3.05) is 20.1 Å². The maximum Gasteiger partial charge on any atom is 0.573 e. The molecule has 0 spiro atoms. The number of hydrogen-bond donors (Lipinski definition) is 0. The van der Waals surface area contributed by atoms with Gasteiger partial charge in [-0.05, 0) is 37.3 Å². The fourth-order valence-corrected chi connectivity index (χ4v) is 4.17. The Hall–Kier alpha value is -3.73. The molecule has 2 atom stereocenters. The van der Waals surface area contributed by atoms with Crippen LogP contribution in [0.4, 0.5) is 13.2 Å². The fraction of sp³-hybridized carbons (Fsp3) is 0.320. The minimum atomic E-state index is -4.91. The molecule has 2 amide bonds. The Morgan fingerprint density at radius 1 is 1.16 bits per heavy atom. The number of halogens is 4. The molecule has 37 heavy (non-hydrogen) atoms. The minimum Gasteiger partial charge on any atom is -0.406 e. The van der Waals surface area contributed by atoms with E-state index in [0.717, 1.165) is 12.1 Å².